The van der Waals surface area contributed by atoms with Crippen molar-refractivity contribution < 1.29 is 17.9 Å². The van der Waals surface area contributed by atoms with Crippen LogP contribution in [0.1, 0.15) is 28.8 Å². The molecule has 1 saturated heterocycles. The van der Waals surface area contributed by atoms with Gasteiger partial charge < -0.3 is 19.5 Å². The molecule has 0 atom stereocenters. The summed E-state index contributed by atoms with van der Waals surface area (Å²) in [6, 6.07) is 23.8. The highest BCUT2D eigenvalue weighted by Gasteiger charge is 2.23. The zero-order valence-corrected chi connectivity index (χ0v) is 23.1. The minimum Gasteiger partial charge on any atom is -0.457 e. The summed E-state index contributed by atoms with van der Waals surface area (Å²) in [6.07, 6.45) is 5.52. The Labute approximate surface area is 230 Å². The Bertz CT molecular complexity index is 1560. The SMILES string of the molecule is Cc1c(C(=O)Nc2ccc(S(C)(=O)=O)cc2)cn(CCN2CCCC2)c1-c1ccccc1Oc1ccccc1. The van der Waals surface area contributed by atoms with Gasteiger partial charge in [0.2, 0.25) is 0 Å². The van der Waals surface area contributed by atoms with E-state index in [1.807, 2.05) is 67.7 Å². The van der Waals surface area contributed by atoms with Crippen molar-refractivity contribution in [3.05, 3.63) is 96.2 Å². The fourth-order valence-corrected chi connectivity index (χ4v) is 5.66. The van der Waals surface area contributed by atoms with Crippen LogP contribution >= 0.6 is 0 Å². The maximum atomic E-state index is 13.5. The van der Waals surface area contributed by atoms with E-state index in [0.29, 0.717) is 11.3 Å². The smallest absolute Gasteiger partial charge is 0.257 e. The molecule has 0 aliphatic carbocycles. The van der Waals surface area contributed by atoms with Crippen LogP contribution in [-0.2, 0) is 16.4 Å². The summed E-state index contributed by atoms with van der Waals surface area (Å²) in [5.74, 6) is 1.21. The van der Waals surface area contributed by atoms with Crippen molar-refractivity contribution >= 4 is 21.4 Å². The minimum absolute atomic E-state index is 0.210. The van der Waals surface area contributed by atoms with Crippen LogP contribution in [0.15, 0.2) is 90.0 Å². The molecule has 5 rings (SSSR count). The third kappa shape index (κ3) is 6.24. The number of para-hydroxylation sites is 2. The maximum Gasteiger partial charge on any atom is 0.257 e. The zero-order chi connectivity index (χ0) is 27.4. The molecular weight excluding hydrogens is 510 g/mol. The van der Waals surface area contributed by atoms with Crippen LogP contribution in [0, 0.1) is 6.92 Å². The molecule has 1 N–H and O–H groups in total. The van der Waals surface area contributed by atoms with Crippen molar-refractivity contribution in [1.29, 1.82) is 0 Å². The molecule has 0 unspecified atom stereocenters. The van der Waals surface area contributed by atoms with Crippen LogP contribution < -0.4 is 10.1 Å². The molecule has 0 bridgehead atoms. The van der Waals surface area contributed by atoms with Gasteiger partial charge in [-0.05, 0) is 86.9 Å². The third-order valence-electron chi connectivity index (χ3n) is 7.09. The number of likely N-dealkylation sites (tertiary alicyclic amines) is 1. The molecule has 1 fully saturated rings. The fourth-order valence-electron chi connectivity index (χ4n) is 5.03. The number of sulfone groups is 1. The van der Waals surface area contributed by atoms with Crippen LogP contribution in [0.4, 0.5) is 5.69 Å². The first-order valence-electron chi connectivity index (χ1n) is 13.2. The van der Waals surface area contributed by atoms with Gasteiger partial charge in [-0.25, -0.2) is 8.42 Å². The fraction of sp³-hybridized carbons (Fsp3) is 0.258. The lowest BCUT2D eigenvalue weighted by Gasteiger charge is -2.18. The molecule has 202 valence electrons. The van der Waals surface area contributed by atoms with E-state index in [0.717, 1.165) is 60.8 Å². The number of anilines is 1. The molecule has 1 aliphatic heterocycles. The largest absolute Gasteiger partial charge is 0.457 e. The molecule has 3 aromatic carbocycles. The van der Waals surface area contributed by atoms with Crippen molar-refractivity contribution in [1.82, 2.24) is 9.47 Å². The standard InChI is InChI=1S/C31H33N3O4S/c1-23-28(31(35)32-24-14-16-26(17-15-24)39(2,36)37)22-34(21-20-33-18-8-9-19-33)30(23)27-12-6-7-13-29(27)38-25-10-4-3-5-11-25/h3-7,10-17,22H,8-9,18-21H2,1-2H3,(H,32,35). The van der Waals surface area contributed by atoms with Gasteiger partial charge in [0.25, 0.3) is 5.91 Å². The number of benzene rings is 3. The second-order valence-corrected chi connectivity index (χ2v) is 11.9. The van der Waals surface area contributed by atoms with Crippen LogP contribution in [0.25, 0.3) is 11.3 Å². The number of nitrogens with zero attached hydrogens (tertiary/aromatic N) is 2. The summed E-state index contributed by atoms with van der Waals surface area (Å²) < 4.78 is 32.0. The number of hydrogen-bond acceptors (Lipinski definition) is 5. The van der Waals surface area contributed by atoms with E-state index in [1.165, 1.54) is 25.0 Å². The molecule has 0 saturated carbocycles. The Hall–Kier alpha value is -3.88. The zero-order valence-electron chi connectivity index (χ0n) is 22.3. The van der Waals surface area contributed by atoms with Gasteiger partial charge in [-0.1, -0.05) is 30.3 Å². The molecular formula is C31H33N3O4S. The Morgan fingerprint density at radius 2 is 1.56 bits per heavy atom. The molecule has 2 heterocycles. The maximum absolute atomic E-state index is 13.5. The van der Waals surface area contributed by atoms with Gasteiger partial charge in [-0.3, -0.25) is 4.79 Å². The molecule has 1 aliphatic rings. The summed E-state index contributed by atoms with van der Waals surface area (Å²) >= 11 is 0. The highest BCUT2D eigenvalue weighted by molar-refractivity contribution is 7.90. The van der Waals surface area contributed by atoms with Gasteiger partial charge in [-0.15, -0.1) is 0 Å². The highest BCUT2D eigenvalue weighted by atomic mass is 32.2. The van der Waals surface area contributed by atoms with Crippen LogP contribution in [0.5, 0.6) is 11.5 Å². The Kier molecular flexibility index (Phi) is 7.86. The number of hydrogen-bond donors (Lipinski definition) is 1. The molecule has 1 aromatic heterocycles. The number of nitrogens with one attached hydrogen (secondary N) is 1. The first-order chi connectivity index (χ1) is 18.8. The predicted molar refractivity (Wildman–Crippen MR) is 154 cm³/mol. The van der Waals surface area contributed by atoms with Gasteiger partial charge in [-0.2, -0.15) is 0 Å². The van der Waals surface area contributed by atoms with Crippen molar-refractivity contribution in [3.8, 4) is 22.8 Å². The first-order valence-corrected chi connectivity index (χ1v) is 15.0. The van der Waals surface area contributed by atoms with Gasteiger partial charge >= 0.3 is 0 Å². The third-order valence-corrected chi connectivity index (χ3v) is 8.21. The minimum atomic E-state index is -3.31. The summed E-state index contributed by atoms with van der Waals surface area (Å²) in [5, 5.41) is 2.93. The molecule has 8 heteroatoms. The second kappa shape index (κ2) is 11.5. The molecule has 0 spiro atoms. The highest BCUT2D eigenvalue weighted by Crippen LogP contribution is 2.37. The molecule has 39 heavy (non-hydrogen) atoms. The monoisotopic (exact) mass is 543 g/mol. The van der Waals surface area contributed by atoms with Gasteiger partial charge in [0.05, 0.1) is 16.2 Å². The van der Waals surface area contributed by atoms with E-state index in [4.69, 9.17) is 4.74 Å². The number of carbonyl (C=O) groups excluding carboxylic acids is 1. The number of aromatic nitrogens is 1. The van der Waals surface area contributed by atoms with E-state index >= 15 is 0 Å². The van der Waals surface area contributed by atoms with Gasteiger partial charge in [0.1, 0.15) is 11.5 Å². The Morgan fingerprint density at radius 3 is 2.26 bits per heavy atom. The van der Waals surface area contributed by atoms with Crippen molar-refractivity contribution in [2.75, 3.05) is 31.2 Å². The molecule has 4 aromatic rings. The lowest BCUT2D eigenvalue weighted by molar-refractivity contribution is 0.102. The van der Waals surface area contributed by atoms with Crippen molar-refractivity contribution in [2.45, 2.75) is 31.2 Å². The Balaban J connectivity index is 1.49. The molecule has 7 nitrogen and oxygen atoms in total. The Morgan fingerprint density at radius 1 is 0.897 bits per heavy atom. The van der Waals surface area contributed by atoms with Crippen LogP contribution in [0.2, 0.25) is 0 Å². The van der Waals surface area contributed by atoms with E-state index in [1.54, 1.807) is 12.1 Å². The average Bonchev–Trinajstić information content (AvgIpc) is 3.56. The molecule has 1 amide bonds. The van der Waals surface area contributed by atoms with Gasteiger partial charge in [0.15, 0.2) is 9.84 Å². The number of rotatable bonds is 9. The second-order valence-electron chi connectivity index (χ2n) is 9.92. The van der Waals surface area contributed by atoms with Gasteiger partial charge in [0, 0.05) is 36.8 Å². The van der Waals surface area contributed by atoms with E-state index in [9.17, 15) is 13.2 Å². The topological polar surface area (TPSA) is 80.6 Å². The number of amides is 1. The summed E-state index contributed by atoms with van der Waals surface area (Å²) in [4.78, 5) is 16.1. The summed E-state index contributed by atoms with van der Waals surface area (Å²) in [6.45, 7) is 5.80. The quantitative estimate of drug-likeness (QED) is 0.280. The number of carbonyl (C=O) groups is 1. The van der Waals surface area contributed by atoms with Crippen LogP contribution in [0.3, 0.4) is 0 Å². The number of ether oxygens (including phenoxy) is 1. The first kappa shape index (κ1) is 26.7. The predicted octanol–water partition coefficient (Wildman–Crippen LogP) is 6.01. The summed E-state index contributed by atoms with van der Waals surface area (Å²) in [7, 11) is -3.31. The van der Waals surface area contributed by atoms with E-state index in [2.05, 4.69) is 14.8 Å². The summed E-state index contributed by atoms with van der Waals surface area (Å²) in [5.41, 5.74) is 3.81. The van der Waals surface area contributed by atoms with Crippen LogP contribution in [-0.4, -0.2) is 49.7 Å². The molecule has 0 radical (unpaired) electrons. The van der Waals surface area contributed by atoms with E-state index < -0.39 is 9.84 Å². The van der Waals surface area contributed by atoms with Crippen molar-refractivity contribution in [3.63, 3.8) is 0 Å². The van der Waals surface area contributed by atoms with Crippen molar-refractivity contribution in [2.24, 2.45) is 0 Å². The lowest BCUT2D eigenvalue weighted by atomic mass is 10.0. The lowest BCUT2D eigenvalue weighted by Crippen LogP contribution is -2.24. The normalized spacial score (nSPS) is 13.9. The average molecular weight is 544 g/mol. The van der Waals surface area contributed by atoms with E-state index in [-0.39, 0.29) is 10.8 Å².